The summed E-state index contributed by atoms with van der Waals surface area (Å²) in [5.74, 6) is 0.548. The second kappa shape index (κ2) is 3.70. The largest absolute Gasteiger partial charge is 0.244 e. The highest BCUT2D eigenvalue weighted by atomic mass is 14.9. The molecule has 1 atom stereocenters. The van der Waals surface area contributed by atoms with Gasteiger partial charge in [0.05, 0.1) is 0 Å². The Morgan fingerprint density at radius 1 is 1.29 bits per heavy atom. The molecule has 0 aliphatic heterocycles. The molecule has 0 N–H and O–H groups in total. The molecule has 0 aromatic carbocycles. The predicted octanol–water partition coefficient (Wildman–Crippen LogP) is 2.54. The molecule has 2 aromatic heterocycles. The van der Waals surface area contributed by atoms with Gasteiger partial charge in [-0.1, -0.05) is 13.8 Å². The fourth-order valence-electron chi connectivity index (χ4n) is 1.40. The third kappa shape index (κ3) is 1.58. The zero-order chi connectivity index (χ0) is 9.97. The average Bonchev–Trinajstić information content (AvgIpc) is 2.27. The topological polar surface area (TPSA) is 38.7 Å². The maximum atomic E-state index is 4.30. The van der Waals surface area contributed by atoms with Crippen molar-refractivity contribution in [2.75, 3.05) is 0 Å². The smallest absolute Gasteiger partial charge is 0.162 e. The molecular weight excluding hydrogens is 174 g/mol. The minimum Gasteiger partial charge on any atom is -0.244 e. The fraction of sp³-hybridized carbons (Fsp3) is 0.364. The van der Waals surface area contributed by atoms with E-state index in [0.717, 1.165) is 17.5 Å². The summed E-state index contributed by atoms with van der Waals surface area (Å²) in [6.07, 6.45) is 6.36. The average molecular weight is 187 g/mol. The third-order valence-corrected chi connectivity index (χ3v) is 2.56. The van der Waals surface area contributed by atoms with Crippen LogP contribution in [0, 0.1) is 0 Å². The van der Waals surface area contributed by atoms with Crippen LogP contribution in [-0.2, 0) is 0 Å². The lowest BCUT2D eigenvalue weighted by Gasteiger charge is -2.08. The summed E-state index contributed by atoms with van der Waals surface area (Å²) >= 11 is 0. The normalized spacial score (nSPS) is 13.0. The summed E-state index contributed by atoms with van der Waals surface area (Å²) in [6.45, 7) is 4.38. The van der Waals surface area contributed by atoms with Crippen LogP contribution in [0.1, 0.15) is 31.7 Å². The van der Waals surface area contributed by atoms with E-state index in [2.05, 4.69) is 34.9 Å². The summed E-state index contributed by atoms with van der Waals surface area (Å²) in [7, 11) is 0. The maximum absolute atomic E-state index is 4.30. The van der Waals surface area contributed by atoms with Crippen molar-refractivity contribution in [3.63, 3.8) is 0 Å². The molecule has 3 nitrogen and oxygen atoms in total. The highest BCUT2D eigenvalue weighted by Crippen LogP contribution is 2.20. The highest BCUT2D eigenvalue weighted by Gasteiger charge is 2.04. The van der Waals surface area contributed by atoms with E-state index in [0.29, 0.717) is 5.92 Å². The summed E-state index contributed by atoms with van der Waals surface area (Å²) in [6, 6.07) is 2.12. The number of fused-ring (bicyclic) bond motifs is 1. The monoisotopic (exact) mass is 187 g/mol. The SMILES string of the molecule is CCC(C)c1cnc2ncncc2c1. The van der Waals surface area contributed by atoms with Gasteiger partial charge in [-0.15, -0.1) is 0 Å². The van der Waals surface area contributed by atoms with Crippen molar-refractivity contribution < 1.29 is 0 Å². The zero-order valence-corrected chi connectivity index (χ0v) is 8.44. The van der Waals surface area contributed by atoms with E-state index in [-0.39, 0.29) is 0 Å². The van der Waals surface area contributed by atoms with Gasteiger partial charge in [-0.25, -0.2) is 15.0 Å². The number of pyridine rings is 1. The first-order valence-corrected chi connectivity index (χ1v) is 4.87. The molecule has 2 heterocycles. The van der Waals surface area contributed by atoms with Crippen molar-refractivity contribution in [1.82, 2.24) is 15.0 Å². The van der Waals surface area contributed by atoms with Crippen molar-refractivity contribution in [1.29, 1.82) is 0 Å². The minimum absolute atomic E-state index is 0.548. The molecule has 0 spiro atoms. The Kier molecular flexibility index (Phi) is 2.39. The molecule has 0 radical (unpaired) electrons. The van der Waals surface area contributed by atoms with Crippen LogP contribution < -0.4 is 0 Å². The van der Waals surface area contributed by atoms with Crippen LogP contribution in [0.2, 0.25) is 0 Å². The van der Waals surface area contributed by atoms with E-state index in [1.165, 1.54) is 11.9 Å². The van der Waals surface area contributed by atoms with Crippen LogP contribution in [0.5, 0.6) is 0 Å². The lowest BCUT2D eigenvalue weighted by atomic mass is 10.00. The Bertz CT molecular complexity index is 439. The Labute approximate surface area is 83.2 Å². The fourth-order valence-corrected chi connectivity index (χ4v) is 1.40. The molecule has 0 saturated heterocycles. The molecule has 0 fully saturated rings. The number of hydrogen-bond acceptors (Lipinski definition) is 3. The van der Waals surface area contributed by atoms with Gasteiger partial charge >= 0.3 is 0 Å². The Balaban J connectivity index is 2.51. The predicted molar refractivity (Wildman–Crippen MR) is 56.0 cm³/mol. The second-order valence-corrected chi connectivity index (χ2v) is 3.51. The summed E-state index contributed by atoms with van der Waals surface area (Å²) in [5, 5.41) is 1.02. The number of hydrogen-bond donors (Lipinski definition) is 0. The first-order valence-electron chi connectivity index (χ1n) is 4.87. The van der Waals surface area contributed by atoms with Gasteiger partial charge in [-0.3, -0.25) is 0 Å². The molecule has 1 unspecified atom stereocenters. The van der Waals surface area contributed by atoms with Gasteiger partial charge in [-0.05, 0) is 24.0 Å². The number of aromatic nitrogens is 3. The second-order valence-electron chi connectivity index (χ2n) is 3.51. The van der Waals surface area contributed by atoms with Crippen molar-refractivity contribution >= 4 is 11.0 Å². The molecule has 14 heavy (non-hydrogen) atoms. The zero-order valence-electron chi connectivity index (χ0n) is 8.44. The Morgan fingerprint density at radius 2 is 2.14 bits per heavy atom. The summed E-state index contributed by atoms with van der Waals surface area (Å²) in [5.41, 5.74) is 2.03. The molecule has 2 aromatic rings. The van der Waals surface area contributed by atoms with E-state index in [1.807, 2.05) is 6.20 Å². The van der Waals surface area contributed by atoms with Crippen molar-refractivity contribution in [2.24, 2.45) is 0 Å². The van der Waals surface area contributed by atoms with Crippen LogP contribution in [0.4, 0.5) is 0 Å². The van der Waals surface area contributed by atoms with Gasteiger partial charge in [0, 0.05) is 17.8 Å². The molecule has 0 bridgehead atoms. The van der Waals surface area contributed by atoms with Crippen molar-refractivity contribution in [3.05, 3.63) is 30.4 Å². The first kappa shape index (κ1) is 9.06. The van der Waals surface area contributed by atoms with Gasteiger partial charge in [0.2, 0.25) is 0 Å². The molecular formula is C11H13N3. The van der Waals surface area contributed by atoms with Crippen LogP contribution in [0.15, 0.2) is 24.8 Å². The van der Waals surface area contributed by atoms with E-state index in [9.17, 15) is 0 Å². The number of rotatable bonds is 2. The van der Waals surface area contributed by atoms with E-state index >= 15 is 0 Å². The highest BCUT2D eigenvalue weighted by molar-refractivity contribution is 5.73. The molecule has 0 amide bonds. The van der Waals surface area contributed by atoms with E-state index in [4.69, 9.17) is 0 Å². The Morgan fingerprint density at radius 3 is 2.93 bits per heavy atom. The van der Waals surface area contributed by atoms with Crippen LogP contribution in [-0.4, -0.2) is 15.0 Å². The molecule has 72 valence electrons. The summed E-state index contributed by atoms with van der Waals surface area (Å²) in [4.78, 5) is 12.4. The quantitative estimate of drug-likeness (QED) is 0.725. The van der Waals surface area contributed by atoms with Crippen LogP contribution >= 0.6 is 0 Å². The lowest BCUT2D eigenvalue weighted by molar-refractivity contribution is 0.731. The lowest BCUT2D eigenvalue weighted by Crippen LogP contribution is -1.94. The van der Waals surface area contributed by atoms with Crippen molar-refractivity contribution in [3.8, 4) is 0 Å². The minimum atomic E-state index is 0.548. The van der Waals surface area contributed by atoms with Crippen molar-refractivity contribution in [2.45, 2.75) is 26.2 Å². The third-order valence-electron chi connectivity index (χ3n) is 2.56. The molecule has 0 aliphatic rings. The van der Waals surface area contributed by atoms with Gasteiger partial charge in [0.1, 0.15) is 6.33 Å². The first-order chi connectivity index (χ1) is 6.81. The van der Waals surface area contributed by atoms with Gasteiger partial charge < -0.3 is 0 Å². The number of nitrogens with zero attached hydrogens (tertiary/aromatic N) is 3. The Hall–Kier alpha value is -1.51. The van der Waals surface area contributed by atoms with Gasteiger partial charge in [-0.2, -0.15) is 0 Å². The summed E-state index contributed by atoms with van der Waals surface area (Å²) < 4.78 is 0. The molecule has 0 saturated carbocycles. The standard InChI is InChI=1S/C11H13N3/c1-3-8(2)9-4-10-5-12-7-14-11(10)13-6-9/h4-8H,3H2,1-2H3. The molecule has 3 heteroatoms. The van der Waals surface area contributed by atoms with Gasteiger partial charge in [0.15, 0.2) is 5.65 Å². The van der Waals surface area contributed by atoms with Gasteiger partial charge in [0.25, 0.3) is 0 Å². The molecule has 2 rings (SSSR count). The van der Waals surface area contributed by atoms with E-state index in [1.54, 1.807) is 6.20 Å². The molecule has 0 aliphatic carbocycles. The van der Waals surface area contributed by atoms with E-state index < -0.39 is 0 Å². The maximum Gasteiger partial charge on any atom is 0.162 e. The van der Waals surface area contributed by atoms with Crippen LogP contribution in [0.25, 0.3) is 11.0 Å². The van der Waals surface area contributed by atoms with Crippen LogP contribution in [0.3, 0.4) is 0 Å².